The van der Waals surface area contributed by atoms with Crippen LogP contribution < -0.4 is 5.32 Å². The number of oxazole rings is 1. The normalized spacial score (nSPS) is 23.1. The number of hydrogen-bond donors (Lipinski definition) is 1. The van der Waals surface area contributed by atoms with Crippen molar-refractivity contribution < 1.29 is 4.42 Å². The van der Waals surface area contributed by atoms with E-state index in [2.05, 4.69) is 10.3 Å². The molecule has 2 aliphatic rings. The second kappa shape index (κ2) is 3.39. The molecule has 1 aromatic heterocycles. The van der Waals surface area contributed by atoms with E-state index < -0.39 is 0 Å². The molecule has 3 nitrogen and oxygen atoms in total. The zero-order valence-corrected chi connectivity index (χ0v) is 8.33. The van der Waals surface area contributed by atoms with E-state index in [0.717, 1.165) is 37.0 Å². The van der Waals surface area contributed by atoms with E-state index >= 15 is 0 Å². The average Bonchev–Trinajstić information content (AvgIpc) is 2.42. The van der Waals surface area contributed by atoms with Crippen molar-refractivity contribution in [3.8, 4) is 0 Å². The molecule has 0 aromatic carbocycles. The van der Waals surface area contributed by atoms with Crippen LogP contribution in [0.5, 0.6) is 0 Å². The van der Waals surface area contributed by atoms with E-state index in [1.54, 1.807) is 0 Å². The van der Waals surface area contributed by atoms with Crippen molar-refractivity contribution in [1.29, 1.82) is 0 Å². The van der Waals surface area contributed by atoms with Gasteiger partial charge in [-0.25, -0.2) is 4.98 Å². The average molecular weight is 192 g/mol. The van der Waals surface area contributed by atoms with E-state index in [-0.39, 0.29) is 0 Å². The first-order valence-corrected chi connectivity index (χ1v) is 5.57. The van der Waals surface area contributed by atoms with E-state index in [4.69, 9.17) is 4.42 Å². The highest BCUT2D eigenvalue weighted by molar-refractivity contribution is 5.05. The van der Waals surface area contributed by atoms with Crippen LogP contribution in [0.4, 0.5) is 0 Å². The summed E-state index contributed by atoms with van der Waals surface area (Å²) in [5.74, 6) is 2.40. The Morgan fingerprint density at radius 3 is 2.86 bits per heavy atom. The Hall–Kier alpha value is -0.830. The minimum atomic E-state index is 0.628. The first-order valence-electron chi connectivity index (χ1n) is 5.57. The maximum atomic E-state index is 5.51. The Kier molecular flexibility index (Phi) is 2.05. The van der Waals surface area contributed by atoms with Gasteiger partial charge in [-0.05, 0) is 38.3 Å². The Balaban J connectivity index is 1.63. The fourth-order valence-electron chi connectivity index (χ4n) is 2.05. The van der Waals surface area contributed by atoms with Gasteiger partial charge in [0, 0.05) is 5.92 Å². The molecule has 2 fully saturated rings. The van der Waals surface area contributed by atoms with Crippen LogP contribution in [-0.4, -0.2) is 18.1 Å². The molecular weight excluding hydrogens is 176 g/mol. The molecule has 3 heteroatoms. The van der Waals surface area contributed by atoms with Gasteiger partial charge >= 0.3 is 0 Å². The molecule has 1 aromatic rings. The van der Waals surface area contributed by atoms with Gasteiger partial charge in [-0.2, -0.15) is 0 Å². The highest BCUT2D eigenvalue weighted by atomic mass is 16.3. The molecule has 0 bridgehead atoms. The zero-order chi connectivity index (χ0) is 9.38. The van der Waals surface area contributed by atoms with Gasteiger partial charge in [0.05, 0.1) is 5.69 Å². The second-order valence-electron chi connectivity index (χ2n) is 4.53. The number of hydrogen-bond acceptors (Lipinski definition) is 3. The van der Waals surface area contributed by atoms with Crippen molar-refractivity contribution in [2.45, 2.75) is 31.6 Å². The van der Waals surface area contributed by atoms with Gasteiger partial charge in [-0.3, -0.25) is 0 Å². The summed E-state index contributed by atoms with van der Waals surface area (Å²) in [5, 5.41) is 3.27. The van der Waals surface area contributed by atoms with E-state index in [0.29, 0.717) is 5.92 Å². The van der Waals surface area contributed by atoms with Gasteiger partial charge < -0.3 is 9.73 Å². The van der Waals surface area contributed by atoms with Crippen molar-refractivity contribution >= 4 is 0 Å². The Morgan fingerprint density at radius 1 is 1.43 bits per heavy atom. The summed E-state index contributed by atoms with van der Waals surface area (Å²) in [7, 11) is 0. The molecule has 76 valence electrons. The number of rotatable bonds is 3. The molecule has 0 amide bonds. The largest absolute Gasteiger partial charge is 0.448 e. The summed E-state index contributed by atoms with van der Waals surface area (Å²) < 4.78 is 5.51. The lowest BCUT2D eigenvalue weighted by Crippen LogP contribution is -2.43. The fourth-order valence-corrected chi connectivity index (χ4v) is 2.05. The van der Waals surface area contributed by atoms with Gasteiger partial charge in [0.1, 0.15) is 6.26 Å². The van der Waals surface area contributed by atoms with Crippen LogP contribution in [0.25, 0.3) is 0 Å². The smallest absolute Gasteiger partial charge is 0.197 e. The van der Waals surface area contributed by atoms with Gasteiger partial charge in [-0.1, -0.05) is 6.42 Å². The Morgan fingerprint density at radius 2 is 2.29 bits per heavy atom. The van der Waals surface area contributed by atoms with Gasteiger partial charge in [-0.15, -0.1) is 0 Å². The molecule has 0 atom stereocenters. The van der Waals surface area contributed by atoms with Crippen molar-refractivity contribution in [2.24, 2.45) is 5.92 Å². The number of nitrogens with zero attached hydrogens (tertiary/aromatic N) is 1. The molecule has 2 heterocycles. The van der Waals surface area contributed by atoms with Crippen molar-refractivity contribution in [3.05, 3.63) is 17.8 Å². The highest BCUT2D eigenvalue weighted by Crippen LogP contribution is 2.35. The molecule has 0 unspecified atom stereocenters. The lowest BCUT2D eigenvalue weighted by Gasteiger charge is -2.26. The molecule has 0 spiro atoms. The maximum Gasteiger partial charge on any atom is 0.197 e. The lowest BCUT2D eigenvalue weighted by molar-refractivity contribution is 0.335. The summed E-state index contributed by atoms with van der Waals surface area (Å²) in [6.45, 7) is 2.29. The summed E-state index contributed by atoms with van der Waals surface area (Å²) in [6, 6.07) is 0. The van der Waals surface area contributed by atoms with Crippen molar-refractivity contribution in [1.82, 2.24) is 10.3 Å². The molecule has 1 saturated heterocycles. The summed E-state index contributed by atoms with van der Waals surface area (Å²) in [4.78, 5) is 4.56. The third kappa shape index (κ3) is 1.46. The van der Waals surface area contributed by atoms with Crippen molar-refractivity contribution in [2.75, 3.05) is 13.1 Å². The van der Waals surface area contributed by atoms with Crippen LogP contribution in [0.3, 0.4) is 0 Å². The second-order valence-corrected chi connectivity index (χ2v) is 4.53. The first-order chi connectivity index (χ1) is 6.92. The minimum Gasteiger partial charge on any atom is -0.448 e. The Labute approximate surface area is 83.9 Å². The van der Waals surface area contributed by atoms with Crippen LogP contribution in [-0.2, 0) is 6.42 Å². The monoisotopic (exact) mass is 192 g/mol. The van der Waals surface area contributed by atoms with E-state index in [1.807, 2.05) is 6.26 Å². The Bertz CT molecular complexity index is 313. The van der Waals surface area contributed by atoms with E-state index in [1.165, 1.54) is 19.3 Å². The van der Waals surface area contributed by atoms with Crippen LogP contribution in [0, 0.1) is 5.92 Å². The van der Waals surface area contributed by atoms with Crippen LogP contribution in [0.1, 0.15) is 36.8 Å². The summed E-state index contributed by atoms with van der Waals surface area (Å²) >= 11 is 0. The van der Waals surface area contributed by atoms with Gasteiger partial charge in [0.25, 0.3) is 0 Å². The third-order valence-electron chi connectivity index (χ3n) is 3.39. The molecule has 14 heavy (non-hydrogen) atoms. The topological polar surface area (TPSA) is 38.1 Å². The quantitative estimate of drug-likeness (QED) is 0.792. The lowest BCUT2D eigenvalue weighted by atomic mass is 9.85. The first kappa shape index (κ1) is 8.48. The molecule has 1 N–H and O–H groups in total. The molecule has 3 rings (SSSR count). The van der Waals surface area contributed by atoms with Gasteiger partial charge in [0.15, 0.2) is 5.89 Å². The third-order valence-corrected chi connectivity index (χ3v) is 3.39. The predicted octanol–water partition coefficient (Wildman–Crippen LogP) is 1.70. The van der Waals surface area contributed by atoms with Crippen LogP contribution >= 0.6 is 0 Å². The van der Waals surface area contributed by atoms with Crippen LogP contribution in [0.15, 0.2) is 10.7 Å². The molecular formula is C11H16N2O. The molecule has 1 aliphatic heterocycles. The summed E-state index contributed by atoms with van der Waals surface area (Å²) in [5.41, 5.74) is 1.15. The fraction of sp³-hybridized carbons (Fsp3) is 0.727. The number of aromatic nitrogens is 1. The number of nitrogens with one attached hydrogen (secondary N) is 1. The zero-order valence-electron chi connectivity index (χ0n) is 8.33. The van der Waals surface area contributed by atoms with Gasteiger partial charge in [0.2, 0.25) is 0 Å². The highest BCUT2D eigenvalue weighted by Gasteiger charge is 2.25. The SMILES string of the molecule is c1oc(C2CCC2)nc1CC1CNC1. The van der Waals surface area contributed by atoms with Crippen LogP contribution in [0.2, 0.25) is 0 Å². The maximum absolute atomic E-state index is 5.51. The standard InChI is InChI=1S/C11H16N2O/c1-2-9(3-1)11-13-10(7-14-11)4-8-5-12-6-8/h7-9,12H,1-6H2. The minimum absolute atomic E-state index is 0.628. The molecule has 1 aliphatic carbocycles. The van der Waals surface area contributed by atoms with Crippen molar-refractivity contribution in [3.63, 3.8) is 0 Å². The predicted molar refractivity (Wildman–Crippen MR) is 53.2 cm³/mol. The molecule has 1 saturated carbocycles. The summed E-state index contributed by atoms with van der Waals surface area (Å²) in [6.07, 6.45) is 6.82. The van der Waals surface area contributed by atoms with E-state index in [9.17, 15) is 0 Å². The molecule has 0 radical (unpaired) electrons.